The second-order valence-electron chi connectivity index (χ2n) is 4.97. The molecule has 1 N–H and O–H groups in total. The van der Waals surface area contributed by atoms with E-state index in [1.807, 2.05) is 44.2 Å². The zero-order valence-electron chi connectivity index (χ0n) is 11.3. The lowest BCUT2D eigenvalue weighted by molar-refractivity contribution is 0.104. The van der Waals surface area contributed by atoms with Gasteiger partial charge in [-0.15, -0.1) is 0 Å². The van der Waals surface area contributed by atoms with Gasteiger partial charge >= 0.3 is 0 Å². The van der Waals surface area contributed by atoms with Crippen LogP contribution < -0.4 is 0 Å². The van der Waals surface area contributed by atoms with Crippen molar-refractivity contribution in [2.24, 2.45) is 0 Å². The summed E-state index contributed by atoms with van der Waals surface area (Å²) < 4.78 is 0. The summed E-state index contributed by atoms with van der Waals surface area (Å²) in [7, 11) is 0. The maximum absolute atomic E-state index is 12.7. The molecule has 3 aromatic rings. The Balaban J connectivity index is 2.21. The van der Waals surface area contributed by atoms with Crippen LogP contribution in [0.2, 0.25) is 5.02 Å². The van der Waals surface area contributed by atoms with Crippen LogP contribution in [0.25, 0.3) is 10.9 Å². The Bertz CT molecular complexity index is 817. The molecule has 0 unspecified atom stereocenters. The summed E-state index contributed by atoms with van der Waals surface area (Å²) in [6, 6.07) is 11.5. The molecule has 0 aliphatic heterocycles. The number of rotatable bonds is 2. The minimum absolute atomic E-state index is 0.0424. The van der Waals surface area contributed by atoms with Gasteiger partial charge in [-0.1, -0.05) is 35.9 Å². The third-order valence-corrected chi connectivity index (χ3v) is 4.10. The molecule has 0 bridgehead atoms. The first-order chi connectivity index (χ1) is 9.59. The quantitative estimate of drug-likeness (QED) is 0.681. The highest BCUT2D eigenvalue weighted by molar-refractivity contribution is 6.36. The number of aryl methyl sites for hydroxylation is 2. The van der Waals surface area contributed by atoms with Crippen LogP contribution in [0, 0.1) is 13.8 Å². The Morgan fingerprint density at radius 2 is 1.70 bits per heavy atom. The summed E-state index contributed by atoms with van der Waals surface area (Å²) in [5.41, 5.74) is 4.18. The lowest BCUT2D eigenvalue weighted by Gasteiger charge is -2.06. The molecule has 100 valence electrons. The van der Waals surface area contributed by atoms with Gasteiger partial charge in [0.05, 0.1) is 5.02 Å². The average molecular weight is 284 g/mol. The molecular formula is C17H14ClNO. The minimum atomic E-state index is -0.0424. The monoisotopic (exact) mass is 283 g/mol. The first-order valence-electron chi connectivity index (χ1n) is 6.46. The fourth-order valence-corrected chi connectivity index (χ4v) is 2.73. The van der Waals surface area contributed by atoms with E-state index < -0.39 is 0 Å². The smallest absolute Gasteiger partial charge is 0.196 e. The van der Waals surface area contributed by atoms with Crippen LogP contribution in [0.3, 0.4) is 0 Å². The number of hydrogen-bond acceptors (Lipinski definition) is 1. The average Bonchev–Trinajstić information content (AvgIpc) is 2.86. The number of ketones is 1. The molecule has 0 amide bonds. The molecule has 1 heterocycles. The van der Waals surface area contributed by atoms with Crippen LogP contribution in [-0.4, -0.2) is 10.8 Å². The summed E-state index contributed by atoms with van der Waals surface area (Å²) in [4.78, 5) is 15.9. The molecule has 3 heteroatoms. The number of fused-ring (bicyclic) bond motifs is 1. The van der Waals surface area contributed by atoms with Crippen LogP contribution in [-0.2, 0) is 0 Å². The van der Waals surface area contributed by atoms with Crippen LogP contribution >= 0.6 is 11.6 Å². The Hall–Kier alpha value is -2.06. The Labute approximate surface area is 122 Å². The maximum atomic E-state index is 12.7. The Morgan fingerprint density at radius 3 is 2.50 bits per heavy atom. The van der Waals surface area contributed by atoms with Gasteiger partial charge < -0.3 is 4.98 Å². The number of aromatic amines is 1. The number of H-pyrrole nitrogens is 1. The highest BCUT2D eigenvalue weighted by Crippen LogP contribution is 2.28. The van der Waals surface area contributed by atoms with E-state index in [-0.39, 0.29) is 5.78 Å². The third-order valence-electron chi connectivity index (χ3n) is 3.60. The first-order valence-corrected chi connectivity index (χ1v) is 6.84. The molecule has 20 heavy (non-hydrogen) atoms. The number of halogens is 1. The van der Waals surface area contributed by atoms with E-state index in [1.54, 1.807) is 12.3 Å². The predicted molar refractivity (Wildman–Crippen MR) is 82.7 cm³/mol. The highest BCUT2D eigenvalue weighted by Gasteiger charge is 2.18. The van der Waals surface area contributed by atoms with Crippen molar-refractivity contribution in [2.45, 2.75) is 13.8 Å². The number of nitrogens with one attached hydrogen (secondary N) is 1. The van der Waals surface area contributed by atoms with Crippen molar-refractivity contribution in [1.82, 2.24) is 4.98 Å². The van der Waals surface area contributed by atoms with Gasteiger partial charge in [0.25, 0.3) is 0 Å². The molecule has 2 aromatic carbocycles. The minimum Gasteiger partial charge on any atom is -0.360 e. The topological polar surface area (TPSA) is 32.9 Å². The van der Waals surface area contributed by atoms with E-state index in [9.17, 15) is 4.79 Å². The van der Waals surface area contributed by atoms with E-state index in [0.717, 1.165) is 22.0 Å². The van der Waals surface area contributed by atoms with Crippen molar-refractivity contribution in [3.8, 4) is 0 Å². The second kappa shape index (κ2) is 4.80. The molecule has 0 saturated carbocycles. The molecule has 0 aliphatic carbocycles. The molecule has 0 spiro atoms. The Kier molecular flexibility index (Phi) is 3.11. The van der Waals surface area contributed by atoms with Gasteiger partial charge in [-0.25, -0.2) is 0 Å². The van der Waals surface area contributed by atoms with E-state index in [1.165, 1.54) is 0 Å². The standard InChI is InChI=1S/C17H14ClNO/c1-10-5-4-8-14-15(10)13(9-19-14)17(20)12-7-3-6-11(2)16(12)18/h3-9,19H,1-2H3. The van der Waals surface area contributed by atoms with Gasteiger partial charge in [0.1, 0.15) is 0 Å². The fraction of sp³-hybridized carbons (Fsp3) is 0.118. The zero-order valence-corrected chi connectivity index (χ0v) is 12.1. The van der Waals surface area contributed by atoms with Crippen LogP contribution in [0.4, 0.5) is 0 Å². The van der Waals surface area contributed by atoms with Crippen LogP contribution in [0.5, 0.6) is 0 Å². The normalized spacial score (nSPS) is 10.9. The van der Waals surface area contributed by atoms with Crippen molar-refractivity contribution >= 4 is 28.3 Å². The largest absolute Gasteiger partial charge is 0.360 e. The number of carbonyl (C=O) groups excluding carboxylic acids is 1. The molecule has 3 rings (SSSR count). The molecule has 2 nitrogen and oxygen atoms in total. The zero-order chi connectivity index (χ0) is 14.3. The number of hydrogen-bond donors (Lipinski definition) is 1. The lowest BCUT2D eigenvalue weighted by atomic mass is 9.99. The van der Waals surface area contributed by atoms with E-state index >= 15 is 0 Å². The number of aromatic nitrogens is 1. The van der Waals surface area contributed by atoms with Gasteiger partial charge in [0, 0.05) is 28.2 Å². The summed E-state index contributed by atoms with van der Waals surface area (Å²) in [5.74, 6) is -0.0424. The highest BCUT2D eigenvalue weighted by atomic mass is 35.5. The molecule has 1 aromatic heterocycles. The number of carbonyl (C=O) groups is 1. The molecule has 0 radical (unpaired) electrons. The summed E-state index contributed by atoms with van der Waals surface area (Å²) >= 11 is 6.26. The SMILES string of the molecule is Cc1cccc(C(=O)c2c[nH]c3cccc(C)c23)c1Cl. The van der Waals surface area contributed by atoms with E-state index in [4.69, 9.17) is 11.6 Å². The lowest BCUT2D eigenvalue weighted by Crippen LogP contribution is -2.02. The van der Waals surface area contributed by atoms with Gasteiger partial charge in [0.15, 0.2) is 5.78 Å². The molecule has 0 aliphatic rings. The van der Waals surface area contributed by atoms with Crippen molar-refractivity contribution in [1.29, 1.82) is 0 Å². The van der Waals surface area contributed by atoms with Crippen LogP contribution in [0.1, 0.15) is 27.0 Å². The van der Waals surface area contributed by atoms with Gasteiger partial charge in [-0.2, -0.15) is 0 Å². The summed E-state index contributed by atoms with van der Waals surface area (Å²) in [6.45, 7) is 3.91. The molecule has 0 atom stereocenters. The number of benzene rings is 2. The summed E-state index contributed by atoms with van der Waals surface area (Å²) in [5, 5.41) is 1.50. The van der Waals surface area contributed by atoms with E-state index in [2.05, 4.69) is 4.98 Å². The molecule has 0 saturated heterocycles. The van der Waals surface area contributed by atoms with Gasteiger partial charge in [0.2, 0.25) is 0 Å². The van der Waals surface area contributed by atoms with Gasteiger partial charge in [-0.05, 0) is 37.1 Å². The molecule has 0 fully saturated rings. The summed E-state index contributed by atoms with van der Waals surface area (Å²) in [6.07, 6.45) is 1.76. The first kappa shape index (κ1) is 12.9. The maximum Gasteiger partial charge on any atom is 0.196 e. The predicted octanol–water partition coefficient (Wildman–Crippen LogP) is 4.67. The van der Waals surface area contributed by atoms with Crippen LogP contribution in [0.15, 0.2) is 42.6 Å². The fourth-order valence-electron chi connectivity index (χ4n) is 2.51. The van der Waals surface area contributed by atoms with Gasteiger partial charge in [-0.3, -0.25) is 4.79 Å². The van der Waals surface area contributed by atoms with Crippen molar-refractivity contribution in [3.05, 3.63) is 69.9 Å². The van der Waals surface area contributed by atoms with Crippen molar-refractivity contribution in [3.63, 3.8) is 0 Å². The molecular weight excluding hydrogens is 270 g/mol. The Morgan fingerprint density at radius 1 is 1.00 bits per heavy atom. The van der Waals surface area contributed by atoms with E-state index in [0.29, 0.717) is 16.1 Å². The third kappa shape index (κ3) is 1.93. The van der Waals surface area contributed by atoms with Crippen molar-refractivity contribution in [2.75, 3.05) is 0 Å². The second-order valence-corrected chi connectivity index (χ2v) is 5.34. The van der Waals surface area contributed by atoms with Crippen molar-refractivity contribution < 1.29 is 4.79 Å².